The van der Waals surface area contributed by atoms with Gasteiger partial charge in [0.1, 0.15) is 21.2 Å². The molecule has 0 aromatic carbocycles. The Balaban J connectivity index is 1.67. The van der Waals surface area contributed by atoms with Crippen LogP contribution in [0, 0.1) is 6.92 Å². The molecule has 0 spiro atoms. The number of hydrogen-bond acceptors (Lipinski definition) is 7. The Labute approximate surface area is 170 Å². The number of hydrogen-bond donors (Lipinski definition) is 1. The van der Waals surface area contributed by atoms with Gasteiger partial charge in [-0.2, -0.15) is 0 Å². The fraction of sp³-hybridized carbons (Fsp3) is 0.238. The highest BCUT2D eigenvalue weighted by molar-refractivity contribution is 7.21. The quantitative estimate of drug-likeness (QED) is 0.514. The van der Waals surface area contributed by atoms with Crippen LogP contribution in [0.3, 0.4) is 0 Å². The molecule has 4 aromatic heterocycles. The predicted molar refractivity (Wildman–Crippen MR) is 109 cm³/mol. The minimum Gasteiger partial charge on any atom is -0.467 e. The van der Waals surface area contributed by atoms with E-state index < -0.39 is 6.17 Å². The molecule has 1 atom stereocenters. The van der Waals surface area contributed by atoms with Crippen molar-refractivity contribution in [1.29, 1.82) is 0 Å². The number of ether oxygens (including phenoxy) is 1. The molecule has 0 saturated heterocycles. The van der Waals surface area contributed by atoms with E-state index in [1.165, 1.54) is 11.3 Å². The molecule has 1 amide bonds. The van der Waals surface area contributed by atoms with Crippen molar-refractivity contribution < 1.29 is 18.4 Å². The zero-order valence-electron chi connectivity index (χ0n) is 16.0. The van der Waals surface area contributed by atoms with Crippen molar-refractivity contribution in [3.05, 3.63) is 70.5 Å². The zero-order chi connectivity index (χ0) is 20.0. The molecule has 1 unspecified atom stereocenters. The molecule has 148 valence electrons. The van der Waals surface area contributed by atoms with E-state index in [9.17, 15) is 4.79 Å². The second kappa shape index (κ2) is 7.06. The van der Waals surface area contributed by atoms with E-state index in [1.54, 1.807) is 24.5 Å². The maximum Gasteiger partial charge on any atom is 0.268 e. The number of thiophene rings is 1. The minimum absolute atomic E-state index is 0.0828. The molecule has 29 heavy (non-hydrogen) atoms. The topological polar surface area (TPSA) is 80.7 Å². The van der Waals surface area contributed by atoms with Crippen LogP contribution in [0.15, 0.2) is 51.7 Å². The lowest BCUT2D eigenvalue weighted by molar-refractivity contribution is 0.0635. The van der Waals surface area contributed by atoms with E-state index in [1.807, 2.05) is 37.3 Å². The van der Waals surface area contributed by atoms with Gasteiger partial charge < -0.3 is 23.8 Å². The molecule has 0 radical (unpaired) electrons. The summed E-state index contributed by atoms with van der Waals surface area (Å²) in [6, 6.07) is 9.34. The van der Waals surface area contributed by atoms with Gasteiger partial charge in [0.05, 0.1) is 31.4 Å². The van der Waals surface area contributed by atoms with Gasteiger partial charge in [-0.3, -0.25) is 4.79 Å². The van der Waals surface area contributed by atoms with Crippen LogP contribution < -0.4 is 5.32 Å². The molecule has 8 heteroatoms. The number of fused-ring (bicyclic) bond motifs is 3. The predicted octanol–water partition coefficient (Wildman–Crippen LogP) is 4.70. The standard InChI is InChI=1S/C21H19N3O4S/c1-12-9-13(11-26-2)16-17-18(29-20(16)22-12)21(25)24(10-14-5-3-7-27-14)19(23-17)15-6-4-8-28-15/h3-9,19,23H,10-11H2,1-2H3. The number of rotatable bonds is 5. The molecule has 5 heterocycles. The molecular formula is C21H19N3O4S. The van der Waals surface area contributed by atoms with E-state index in [-0.39, 0.29) is 5.91 Å². The average Bonchev–Trinajstić information content (AvgIpc) is 3.44. The first-order valence-electron chi connectivity index (χ1n) is 9.21. The Morgan fingerprint density at radius 3 is 2.83 bits per heavy atom. The first-order chi connectivity index (χ1) is 14.2. The summed E-state index contributed by atoms with van der Waals surface area (Å²) >= 11 is 1.40. The smallest absolute Gasteiger partial charge is 0.268 e. The number of furan rings is 2. The number of nitrogens with zero attached hydrogens (tertiary/aromatic N) is 2. The largest absolute Gasteiger partial charge is 0.467 e. The number of amides is 1. The summed E-state index contributed by atoms with van der Waals surface area (Å²) in [6.45, 7) is 2.72. The highest BCUT2D eigenvalue weighted by Crippen LogP contribution is 2.44. The Bertz CT molecular complexity index is 1160. The maximum atomic E-state index is 13.5. The molecule has 1 aliphatic heterocycles. The summed E-state index contributed by atoms with van der Waals surface area (Å²) in [5.74, 6) is 1.28. The van der Waals surface area contributed by atoms with Crippen molar-refractivity contribution >= 4 is 33.1 Å². The summed E-state index contributed by atoms with van der Waals surface area (Å²) in [5, 5.41) is 4.45. The van der Waals surface area contributed by atoms with Gasteiger partial charge in [0, 0.05) is 18.2 Å². The highest BCUT2D eigenvalue weighted by Gasteiger charge is 2.38. The first kappa shape index (κ1) is 18.0. The second-order valence-electron chi connectivity index (χ2n) is 6.92. The van der Waals surface area contributed by atoms with Crippen molar-refractivity contribution in [3.8, 4) is 0 Å². The van der Waals surface area contributed by atoms with Crippen LogP contribution in [0.25, 0.3) is 10.2 Å². The normalized spacial score (nSPS) is 16.3. The van der Waals surface area contributed by atoms with E-state index >= 15 is 0 Å². The minimum atomic E-state index is -0.454. The average molecular weight is 409 g/mol. The van der Waals surface area contributed by atoms with E-state index in [4.69, 9.17) is 13.6 Å². The third kappa shape index (κ3) is 3.01. The Morgan fingerprint density at radius 1 is 1.28 bits per heavy atom. The van der Waals surface area contributed by atoms with Crippen molar-refractivity contribution in [3.63, 3.8) is 0 Å². The Kier molecular flexibility index (Phi) is 4.37. The molecule has 0 bridgehead atoms. The fourth-order valence-corrected chi connectivity index (χ4v) is 4.92. The fourth-order valence-electron chi connectivity index (χ4n) is 3.74. The summed E-state index contributed by atoms with van der Waals surface area (Å²) in [5.41, 5.74) is 2.68. The van der Waals surface area contributed by atoms with Crippen molar-refractivity contribution in [2.75, 3.05) is 12.4 Å². The lowest BCUT2D eigenvalue weighted by atomic mass is 10.1. The summed E-state index contributed by atoms with van der Waals surface area (Å²) < 4.78 is 16.5. The van der Waals surface area contributed by atoms with Crippen LogP contribution in [0.2, 0.25) is 0 Å². The van der Waals surface area contributed by atoms with Crippen molar-refractivity contribution in [2.45, 2.75) is 26.2 Å². The van der Waals surface area contributed by atoms with Crippen LogP contribution in [-0.2, 0) is 17.9 Å². The van der Waals surface area contributed by atoms with E-state index in [0.29, 0.717) is 29.5 Å². The first-order valence-corrected chi connectivity index (χ1v) is 10.0. The van der Waals surface area contributed by atoms with Crippen LogP contribution in [-0.4, -0.2) is 22.9 Å². The molecule has 5 rings (SSSR count). The van der Waals surface area contributed by atoms with Gasteiger partial charge in [-0.25, -0.2) is 4.98 Å². The Morgan fingerprint density at radius 2 is 2.10 bits per heavy atom. The van der Waals surface area contributed by atoms with E-state index in [0.717, 1.165) is 27.2 Å². The monoisotopic (exact) mass is 409 g/mol. The number of methoxy groups -OCH3 is 1. The number of aromatic nitrogens is 1. The van der Waals surface area contributed by atoms with Gasteiger partial charge >= 0.3 is 0 Å². The molecule has 4 aromatic rings. The summed E-state index contributed by atoms with van der Waals surface area (Å²) in [4.78, 5) is 21.4. The summed E-state index contributed by atoms with van der Waals surface area (Å²) in [6.07, 6.45) is 2.76. The molecular weight excluding hydrogens is 390 g/mol. The molecule has 0 fully saturated rings. The van der Waals surface area contributed by atoms with Crippen LogP contribution in [0.4, 0.5) is 5.69 Å². The number of carbonyl (C=O) groups excluding carboxylic acids is 1. The lowest BCUT2D eigenvalue weighted by Gasteiger charge is -2.35. The maximum absolute atomic E-state index is 13.5. The zero-order valence-corrected chi connectivity index (χ0v) is 16.8. The third-order valence-corrected chi connectivity index (χ3v) is 6.01. The Hall–Kier alpha value is -3.10. The van der Waals surface area contributed by atoms with Gasteiger partial charge in [-0.1, -0.05) is 0 Å². The number of aryl methyl sites for hydroxylation is 1. The molecule has 0 saturated carbocycles. The lowest BCUT2D eigenvalue weighted by Crippen LogP contribution is -2.41. The van der Waals surface area contributed by atoms with Crippen LogP contribution in [0.5, 0.6) is 0 Å². The second-order valence-corrected chi connectivity index (χ2v) is 7.92. The van der Waals surface area contributed by atoms with Gasteiger partial charge in [0.15, 0.2) is 6.17 Å². The molecule has 1 aliphatic rings. The van der Waals surface area contributed by atoms with Crippen molar-refractivity contribution in [2.24, 2.45) is 0 Å². The highest BCUT2D eigenvalue weighted by atomic mass is 32.1. The van der Waals surface area contributed by atoms with Gasteiger partial charge in [-0.05, 0) is 42.8 Å². The number of pyridine rings is 1. The number of anilines is 1. The SMILES string of the molecule is COCc1cc(C)nc2sc3c(c12)NC(c1ccco1)N(Cc1ccco1)C3=O. The van der Waals surface area contributed by atoms with Crippen LogP contribution >= 0.6 is 11.3 Å². The van der Waals surface area contributed by atoms with Gasteiger partial charge in [0.25, 0.3) is 5.91 Å². The molecule has 1 N–H and O–H groups in total. The third-order valence-electron chi connectivity index (χ3n) is 4.94. The van der Waals surface area contributed by atoms with Gasteiger partial charge in [0.2, 0.25) is 0 Å². The van der Waals surface area contributed by atoms with Gasteiger partial charge in [-0.15, -0.1) is 11.3 Å². The molecule has 7 nitrogen and oxygen atoms in total. The number of nitrogens with one attached hydrogen (secondary N) is 1. The van der Waals surface area contributed by atoms with Crippen LogP contribution in [0.1, 0.15) is 38.6 Å². The van der Waals surface area contributed by atoms with Crippen molar-refractivity contribution in [1.82, 2.24) is 9.88 Å². The number of carbonyl (C=O) groups is 1. The summed E-state index contributed by atoms with van der Waals surface area (Å²) in [7, 11) is 1.66. The van der Waals surface area contributed by atoms with E-state index in [2.05, 4.69) is 10.3 Å². The molecule has 0 aliphatic carbocycles.